The van der Waals surface area contributed by atoms with Gasteiger partial charge < -0.3 is 20.3 Å². The number of nitrogens with zero attached hydrogens (tertiary/aromatic N) is 4. The number of carbonyl (C=O) groups excluding carboxylic acids is 1. The van der Waals surface area contributed by atoms with Gasteiger partial charge in [-0.1, -0.05) is 41.4 Å². The number of hydrogen-bond donors (Lipinski definition) is 1. The molecule has 2 fully saturated rings. The zero-order chi connectivity index (χ0) is 29.2. The number of amides is 1. The molecule has 0 aromatic heterocycles. The van der Waals surface area contributed by atoms with Gasteiger partial charge in [-0.3, -0.25) is 14.0 Å². The Hall–Kier alpha value is -1.92. The van der Waals surface area contributed by atoms with Crippen molar-refractivity contribution in [3.05, 3.63) is 58.1 Å². The van der Waals surface area contributed by atoms with Crippen LogP contribution in [0.15, 0.2) is 47.4 Å². The summed E-state index contributed by atoms with van der Waals surface area (Å²) in [5.74, 6) is -0.0795. The number of halogens is 2. The lowest BCUT2D eigenvalue weighted by Crippen LogP contribution is -2.63. The number of aryl methyl sites for hydroxylation is 1. The van der Waals surface area contributed by atoms with E-state index in [-0.39, 0.29) is 39.6 Å². The van der Waals surface area contributed by atoms with Crippen LogP contribution in [0.25, 0.3) is 0 Å². The van der Waals surface area contributed by atoms with E-state index in [1.165, 1.54) is 22.5 Å². The van der Waals surface area contributed by atoms with Crippen LogP contribution in [0.3, 0.4) is 0 Å². The number of piperidine rings is 1. The molecular weight excluding hydrogens is 585 g/mol. The Balaban J connectivity index is 1.23. The fourth-order valence-corrected chi connectivity index (χ4v) is 8.37. The fraction of sp³-hybridized carbons (Fsp3) is 0.552. The van der Waals surface area contributed by atoms with Gasteiger partial charge >= 0.3 is 0 Å². The highest BCUT2D eigenvalue weighted by molar-refractivity contribution is 7.92. The van der Waals surface area contributed by atoms with Crippen molar-refractivity contribution in [1.82, 2.24) is 14.7 Å². The zero-order valence-corrected chi connectivity index (χ0v) is 25.8. The standard InChI is InChI=1S/C29H39Cl2N5O4S/c1-33-14-16-35(17-15-33)29(21-32)10-12-34(13-11-29)28(37)20-40-19-23-7-6-22-4-2-3-5-27(22)36(23)41(38,39)24-8-9-25(30)26(31)18-24/h2-5,8-9,18,23H,6-7,10-17,19-21,32H2,1H3. The van der Waals surface area contributed by atoms with E-state index in [0.717, 1.165) is 44.6 Å². The quantitative estimate of drug-likeness (QED) is 0.482. The Kier molecular flexibility index (Phi) is 9.50. The summed E-state index contributed by atoms with van der Waals surface area (Å²) in [6.45, 7) is 5.92. The third kappa shape index (κ3) is 6.39. The number of benzene rings is 2. The van der Waals surface area contributed by atoms with Crippen LogP contribution in [-0.2, 0) is 26.0 Å². The largest absolute Gasteiger partial charge is 0.369 e. The molecule has 0 spiro atoms. The molecule has 0 saturated carbocycles. The molecule has 3 aliphatic heterocycles. The lowest BCUT2D eigenvalue weighted by atomic mass is 9.85. The van der Waals surface area contributed by atoms with Gasteiger partial charge in [-0.15, -0.1) is 0 Å². The monoisotopic (exact) mass is 623 g/mol. The molecule has 1 atom stereocenters. The van der Waals surface area contributed by atoms with Crippen LogP contribution in [-0.4, -0.2) is 107 Å². The topological polar surface area (TPSA) is 99.4 Å². The molecule has 0 aliphatic carbocycles. The maximum absolute atomic E-state index is 13.9. The maximum Gasteiger partial charge on any atom is 0.264 e. The molecule has 5 rings (SSSR count). The molecule has 224 valence electrons. The molecule has 0 radical (unpaired) electrons. The highest BCUT2D eigenvalue weighted by Gasteiger charge is 2.41. The van der Waals surface area contributed by atoms with E-state index in [9.17, 15) is 13.2 Å². The van der Waals surface area contributed by atoms with Gasteiger partial charge in [0.2, 0.25) is 5.91 Å². The SMILES string of the molecule is CN1CCN(C2(CN)CCN(C(=O)COCC3CCc4ccccc4N3S(=O)(=O)c3ccc(Cl)c(Cl)c3)CC2)CC1. The van der Waals surface area contributed by atoms with Gasteiger partial charge in [0.15, 0.2) is 0 Å². The van der Waals surface area contributed by atoms with E-state index in [4.69, 9.17) is 33.7 Å². The number of sulfonamides is 1. The van der Waals surface area contributed by atoms with Crippen LogP contribution in [0.1, 0.15) is 24.8 Å². The lowest BCUT2D eigenvalue weighted by Gasteiger charge is -2.50. The highest BCUT2D eigenvalue weighted by atomic mass is 35.5. The van der Waals surface area contributed by atoms with Crippen LogP contribution in [0.4, 0.5) is 5.69 Å². The van der Waals surface area contributed by atoms with Gasteiger partial charge in [-0.25, -0.2) is 8.42 Å². The molecule has 2 N–H and O–H groups in total. The molecule has 0 bridgehead atoms. The number of fused-ring (bicyclic) bond motifs is 1. The maximum atomic E-state index is 13.9. The molecule has 2 saturated heterocycles. The lowest BCUT2D eigenvalue weighted by molar-refractivity contribution is -0.139. The zero-order valence-electron chi connectivity index (χ0n) is 23.5. The summed E-state index contributed by atoms with van der Waals surface area (Å²) in [6, 6.07) is 11.3. The summed E-state index contributed by atoms with van der Waals surface area (Å²) in [6.07, 6.45) is 2.96. The van der Waals surface area contributed by atoms with E-state index in [0.29, 0.717) is 38.2 Å². The van der Waals surface area contributed by atoms with Crippen molar-refractivity contribution in [3.63, 3.8) is 0 Å². The average Bonchev–Trinajstić information content (AvgIpc) is 2.98. The summed E-state index contributed by atoms with van der Waals surface area (Å²) in [5.41, 5.74) is 7.77. The van der Waals surface area contributed by atoms with Crippen molar-refractivity contribution >= 4 is 44.8 Å². The van der Waals surface area contributed by atoms with Crippen molar-refractivity contribution in [2.24, 2.45) is 5.73 Å². The first-order valence-corrected chi connectivity index (χ1v) is 16.4. The normalized spacial score (nSPS) is 22.0. The Morgan fingerprint density at radius 1 is 1.02 bits per heavy atom. The molecule has 41 heavy (non-hydrogen) atoms. The Morgan fingerprint density at radius 3 is 2.41 bits per heavy atom. The predicted octanol–water partition coefficient (Wildman–Crippen LogP) is 3.09. The summed E-state index contributed by atoms with van der Waals surface area (Å²) >= 11 is 12.2. The van der Waals surface area contributed by atoms with Crippen molar-refractivity contribution in [3.8, 4) is 0 Å². The number of anilines is 1. The molecular formula is C29H39Cl2N5O4S. The minimum absolute atomic E-state index is 0.0572. The summed E-state index contributed by atoms with van der Waals surface area (Å²) in [4.78, 5) is 19.9. The van der Waals surface area contributed by atoms with Gasteiger partial charge in [0.05, 0.1) is 33.3 Å². The third-order valence-electron chi connectivity index (χ3n) is 8.89. The fourth-order valence-electron chi connectivity index (χ4n) is 6.28. The van der Waals surface area contributed by atoms with Gasteiger partial charge in [-0.05, 0) is 62.6 Å². The van der Waals surface area contributed by atoms with Gasteiger partial charge in [0.25, 0.3) is 10.0 Å². The van der Waals surface area contributed by atoms with Gasteiger partial charge in [0.1, 0.15) is 6.61 Å². The van der Waals surface area contributed by atoms with Crippen LogP contribution >= 0.6 is 23.2 Å². The molecule has 1 amide bonds. The van der Waals surface area contributed by atoms with Gasteiger partial charge in [-0.2, -0.15) is 0 Å². The first kappa shape index (κ1) is 30.5. The predicted molar refractivity (Wildman–Crippen MR) is 162 cm³/mol. The number of carbonyl (C=O) groups is 1. The molecule has 2 aromatic rings. The number of para-hydroxylation sites is 1. The number of rotatable bonds is 8. The highest BCUT2D eigenvalue weighted by Crippen LogP contribution is 2.37. The second kappa shape index (κ2) is 12.8. The van der Waals surface area contributed by atoms with Crippen molar-refractivity contribution in [2.45, 2.75) is 42.2 Å². The smallest absolute Gasteiger partial charge is 0.264 e. The average molecular weight is 625 g/mol. The minimum Gasteiger partial charge on any atom is -0.369 e. The number of hydrogen-bond acceptors (Lipinski definition) is 7. The molecule has 12 heteroatoms. The summed E-state index contributed by atoms with van der Waals surface area (Å²) in [5, 5.41) is 0.456. The van der Waals surface area contributed by atoms with E-state index in [1.807, 2.05) is 23.1 Å². The van der Waals surface area contributed by atoms with E-state index >= 15 is 0 Å². The molecule has 2 aromatic carbocycles. The van der Waals surface area contributed by atoms with Crippen molar-refractivity contribution < 1.29 is 17.9 Å². The van der Waals surface area contributed by atoms with Crippen LogP contribution in [0, 0.1) is 0 Å². The Labute approximate surface area is 253 Å². The molecule has 1 unspecified atom stereocenters. The van der Waals surface area contributed by atoms with E-state index < -0.39 is 16.1 Å². The van der Waals surface area contributed by atoms with E-state index in [2.05, 4.69) is 16.8 Å². The van der Waals surface area contributed by atoms with E-state index in [1.54, 1.807) is 6.07 Å². The summed E-state index contributed by atoms with van der Waals surface area (Å²) in [7, 11) is -1.83. The molecule has 3 aliphatic rings. The van der Waals surface area contributed by atoms with Crippen LogP contribution in [0.2, 0.25) is 10.0 Å². The number of likely N-dealkylation sites (tertiary alicyclic amines) is 1. The Morgan fingerprint density at radius 2 is 1.73 bits per heavy atom. The van der Waals surface area contributed by atoms with Crippen molar-refractivity contribution in [2.75, 3.05) is 70.4 Å². The second-order valence-corrected chi connectivity index (χ2v) is 13.9. The first-order valence-electron chi connectivity index (χ1n) is 14.2. The molecule has 3 heterocycles. The number of piperazine rings is 1. The van der Waals surface area contributed by atoms with Crippen LogP contribution < -0.4 is 10.0 Å². The van der Waals surface area contributed by atoms with Crippen LogP contribution in [0.5, 0.6) is 0 Å². The number of likely N-dealkylation sites (N-methyl/N-ethyl adjacent to an activating group) is 1. The van der Waals surface area contributed by atoms with Gasteiger partial charge in [0, 0.05) is 51.4 Å². The molecule has 9 nitrogen and oxygen atoms in total. The third-order valence-corrected chi connectivity index (χ3v) is 11.5. The first-order chi connectivity index (χ1) is 19.6. The minimum atomic E-state index is -3.97. The van der Waals surface area contributed by atoms with Crippen molar-refractivity contribution in [1.29, 1.82) is 0 Å². The second-order valence-electron chi connectivity index (χ2n) is 11.3. The number of ether oxygens (including phenoxy) is 1. The summed E-state index contributed by atoms with van der Waals surface area (Å²) < 4.78 is 35.1. The Bertz CT molecular complexity index is 1340. The number of nitrogens with two attached hydrogens (primary N) is 1.